The lowest BCUT2D eigenvalue weighted by Crippen LogP contribution is -2.34. The number of rotatable bonds is 99. The van der Waals surface area contributed by atoms with Crippen LogP contribution < -0.4 is 0 Å². The summed E-state index contributed by atoms with van der Waals surface area (Å²) in [6.45, 7) is 29.6. The summed E-state index contributed by atoms with van der Waals surface area (Å²) >= 11 is 0. The first-order valence-electron chi connectivity index (χ1n) is 37.0. The lowest BCUT2D eigenvalue weighted by atomic mass is 10.4. The average molecular weight is 1550 g/mol. The fraction of sp³-hybridized carbons (Fsp3) is 0.985. The predicted octanol–water partition coefficient (Wildman–Crippen LogP) is 1.88. The van der Waals surface area contributed by atoms with E-state index in [9.17, 15) is 4.79 Å². The van der Waals surface area contributed by atoms with E-state index in [1.807, 2.05) is 0 Å². The number of carboxylic acids is 1. The highest BCUT2D eigenvalue weighted by Crippen LogP contribution is 1.96. The van der Waals surface area contributed by atoms with Gasteiger partial charge in [-0.2, -0.15) is 0 Å². The Labute approximate surface area is 627 Å². The van der Waals surface area contributed by atoms with E-state index in [1.165, 1.54) is 0 Å². The second-order valence-electron chi connectivity index (χ2n) is 21.3. The summed E-state index contributed by atoms with van der Waals surface area (Å²) in [5.41, 5.74) is 16.4. The van der Waals surface area contributed by atoms with E-state index >= 15 is 0 Å². The lowest BCUT2D eigenvalue weighted by molar-refractivity contribution is -0.138. The summed E-state index contributed by atoms with van der Waals surface area (Å²) in [5.74, 6) is -0.886. The van der Waals surface area contributed by atoms with Gasteiger partial charge in [-0.3, -0.25) is 9.69 Å². The SMILES string of the molecule is [N-]=[N+]=NCCOCCOCCOCCOCCOCCOCCOCCOCCOCCOCCN(CCOCCOCCOCCOCCOCCOCCOCCOCCOCCOCCN=[N+]=[N-])CCOCCOCCOCCOCCOCCOCCOCCOCCOCCOCCC(=O)O. The highest BCUT2D eigenvalue weighted by molar-refractivity contribution is 5.66. The second kappa shape index (κ2) is 97.9. The first-order chi connectivity index (χ1) is 52.7. The number of azide groups is 2. The zero-order chi connectivity index (χ0) is 75.9. The smallest absolute Gasteiger partial charge is 0.305 e. The fourth-order valence-corrected chi connectivity index (χ4v) is 7.62. The molecule has 0 amide bonds. The van der Waals surface area contributed by atoms with Gasteiger partial charge in [0.25, 0.3) is 0 Å². The van der Waals surface area contributed by atoms with Crippen LogP contribution >= 0.6 is 0 Å². The number of carboxylic acid groups (broad SMARTS) is 1. The number of ether oxygens (including phenoxy) is 30. The van der Waals surface area contributed by atoms with E-state index in [1.54, 1.807) is 0 Å². The van der Waals surface area contributed by atoms with Gasteiger partial charge in [0.2, 0.25) is 0 Å². The molecule has 0 heterocycles. The Balaban J connectivity index is 4.03. The van der Waals surface area contributed by atoms with E-state index in [2.05, 4.69) is 25.0 Å². The van der Waals surface area contributed by atoms with Gasteiger partial charge in [-0.05, 0) is 11.1 Å². The van der Waals surface area contributed by atoms with Gasteiger partial charge in [0, 0.05) is 42.5 Å². The molecule has 0 fully saturated rings. The van der Waals surface area contributed by atoms with E-state index in [4.69, 9.17) is 158 Å². The van der Waals surface area contributed by atoms with E-state index in [-0.39, 0.29) is 13.0 Å². The maximum Gasteiger partial charge on any atom is 0.305 e. The highest BCUT2D eigenvalue weighted by Gasteiger charge is 2.08. The lowest BCUT2D eigenvalue weighted by Gasteiger charge is -2.22. The van der Waals surface area contributed by atoms with Gasteiger partial charge >= 0.3 is 5.97 Å². The average Bonchev–Trinajstić information content (AvgIpc) is 1.38. The van der Waals surface area contributed by atoms with Crippen LogP contribution in [0.15, 0.2) is 10.2 Å². The Morgan fingerprint density at radius 2 is 0.311 bits per heavy atom. The van der Waals surface area contributed by atoms with Crippen molar-refractivity contribution in [1.82, 2.24) is 4.90 Å². The van der Waals surface area contributed by atoms with Crippen LogP contribution in [0.25, 0.3) is 20.9 Å². The molecule has 0 atom stereocenters. The Bertz CT molecular complexity index is 1600. The molecule has 0 radical (unpaired) electrons. The summed E-state index contributed by atoms with van der Waals surface area (Å²) in [6.07, 6.45) is -0.0189. The summed E-state index contributed by atoms with van der Waals surface area (Å²) in [7, 11) is 0. The molecular weight excluding hydrogens is 1410 g/mol. The van der Waals surface area contributed by atoms with Crippen LogP contribution in [0.2, 0.25) is 0 Å². The Kier molecular flexibility index (Phi) is 95.0. The molecule has 0 spiro atoms. The van der Waals surface area contributed by atoms with Crippen molar-refractivity contribution in [1.29, 1.82) is 0 Å². The summed E-state index contributed by atoms with van der Waals surface area (Å²) in [4.78, 5) is 18.0. The first kappa shape index (κ1) is 103. The number of nitrogens with zero attached hydrogens (tertiary/aromatic N) is 7. The maximum atomic E-state index is 10.4. The van der Waals surface area contributed by atoms with Crippen molar-refractivity contribution in [3.8, 4) is 0 Å². The molecule has 0 aliphatic heterocycles. The van der Waals surface area contributed by atoms with Crippen molar-refractivity contribution < 1.29 is 152 Å². The minimum atomic E-state index is -0.886. The monoisotopic (exact) mass is 1550 g/mol. The third-order valence-electron chi connectivity index (χ3n) is 13.0. The van der Waals surface area contributed by atoms with Gasteiger partial charge in [-0.15, -0.1) is 0 Å². The van der Waals surface area contributed by atoms with Crippen molar-refractivity contribution in [2.24, 2.45) is 10.2 Å². The Morgan fingerprint density at radius 3 is 0.434 bits per heavy atom. The van der Waals surface area contributed by atoms with Crippen molar-refractivity contribution in [2.45, 2.75) is 6.42 Å². The molecule has 0 unspecified atom stereocenters. The van der Waals surface area contributed by atoms with Crippen LogP contribution in [0.1, 0.15) is 6.42 Å². The van der Waals surface area contributed by atoms with Gasteiger partial charge in [0.15, 0.2) is 0 Å². The van der Waals surface area contributed by atoms with Gasteiger partial charge < -0.3 is 147 Å². The Hall–Kier alpha value is -3.15. The molecule has 0 aromatic rings. The van der Waals surface area contributed by atoms with Crippen LogP contribution in [0.5, 0.6) is 0 Å². The zero-order valence-corrected chi connectivity index (χ0v) is 63.4. The van der Waals surface area contributed by atoms with Crippen molar-refractivity contribution >= 4 is 5.97 Å². The molecule has 39 nitrogen and oxygen atoms in total. The summed E-state index contributed by atoms with van der Waals surface area (Å²) in [6, 6.07) is 0. The standard InChI is InChI=1S/C67H133N7O32/c68-72-70-2-8-78-14-20-84-26-32-90-38-44-96-50-56-102-62-65-105-59-53-99-47-41-93-35-29-87-23-17-81-11-5-74(4-10-80-16-22-86-28-34-92-40-46-98-52-58-104-64-61-101-55-49-95-43-37-89-31-25-83-19-13-77-7-1-67(75)76)6-12-82-18-24-88-30-36-94-42-48-100-54-60-106-66-63-103-57-51-97-45-39-91-33-27-85-21-15-79-9-3-71-73-69/h1-66H2,(H,75,76). The molecule has 39 heteroatoms. The topological polar surface area (TPSA) is 415 Å². The van der Waals surface area contributed by atoms with Crippen LogP contribution in [0, 0.1) is 0 Å². The third-order valence-corrected chi connectivity index (χ3v) is 13.0. The van der Waals surface area contributed by atoms with Crippen LogP contribution in [0.3, 0.4) is 0 Å². The molecule has 0 aliphatic carbocycles. The molecule has 0 aromatic heterocycles. The number of hydrogen-bond donors (Lipinski definition) is 1. The van der Waals surface area contributed by atoms with Crippen molar-refractivity contribution in [2.75, 3.05) is 429 Å². The van der Waals surface area contributed by atoms with Gasteiger partial charge in [-0.1, -0.05) is 10.2 Å². The minimum Gasteiger partial charge on any atom is -0.481 e. The quantitative estimate of drug-likeness (QED) is 0.0393. The number of carbonyl (C=O) groups is 1. The van der Waals surface area contributed by atoms with Crippen LogP contribution in [-0.4, -0.2) is 445 Å². The molecule has 1 N–H and O–H groups in total. The zero-order valence-electron chi connectivity index (χ0n) is 63.4. The molecule has 106 heavy (non-hydrogen) atoms. The highest BCUT2D eigenvalue weighted by atomic mass is 16.6. The van der Waals surface area contributed by atoms with E-state index in [0.717, 1.165) is 0 Å². The molecule has 0 saturated carbocycles. The predicted molar refractivity (Wildman–Crippen MR) is 381 cm³/mol. The number of hydrogen-bond acceptors (Lipinski definition) is 34. The third kappa shape index (κ3) is 96.9. The van der Waals surface area contributed by atoms with Gasteiger partial charge in [0.1, 0.15) is 0 Å². The largest absolute Gasteiger partial charge is 0.481 e. The maximum absolute atomic E-state index is 10.4. The number of aliphatic carboxylic acids is 1. The first-order valence-corrected chi connectivity index (χ1v) is 37.0. The summed E-state index contributed by atoms with van der Waals surface area (Å²) in [5, 5.41) is 15.3. The van der Waals surface area contributed by atoms with Crippen molar-refractivity contribution in [3.05, 3.63) is 20.9 Å². The van der Waals surface area contributed by atoms with Gasteiger partial charge in [0.05, 0.1) is 403 Å². The Morgan fingerprint density at radius 1 is 0.198 bits per heavy atom. The summed E-state index contributed by atoms with van der Waals surface area (Å²) < 4.78 is 166. The van der Waals surface area contributed by atoms with Gasteiger partial charge in [-0.25, -0.2) is 0 Å². The normalized spacial score (nSPS) is 11.6. The molecule has 628 valence electrons. The van der Waals surface area contributed by atoms with Crippen molar-refractivity contribution in [3.63, 3.8) is 0 Å². The molecular formula is C67H133N7O32. The molecule has 0 aromatic carbocycles. The fourth-order valence-electron chi connectivity index (χ4n) is 7.62. The molecule has 0 bridgehead atoms. The van der Waals surface area contributed by atoms with E-state index < -0.39 is 5.97 Å². The minimum absolute atomic E-state index is 0.0189. The van der Waals surface area contributed by atoms with Crippen LogP contribution in [0.4, 0.5) is 0 Å². The second-order valence-corrected chi connectivity index (χ2v) is 21.3. The molecule has 0 aliphatic rings. The molecule has 0 rings (SSSR count). The van der Waals surface area contributed by atoms with E-state index in [0.29, 0.717) is 423 Å². The van der Waals surface area contributed by atoms with Crippen LogP contribution in [-0.2, 0) is 147 Å². The molecule has 0 saturated heterocycles.